The lowest BCUT2D eigenvalue weighted by Gasteiger charge is -2.11. The number of ether oxygens (including phenoxy) is 2. The highest BCUT2D eigenvalue weighted by atomic mass is 32.1. The fraction of sp³-hybridized carbons (Fsp3) is 0.150. The average molecular weight is 393 g/mol. The number of rotatable bonds is 5. The molecule has 0 amide bonds. The van der Waals surface area contributed by atoms with E-state index in [0.717, 1.165) is 21.5 Å². The van der Waals surface area contributed by atoms with Crippen LogP contribution < -0.4 is 20.5 Å². The molecule has 0 saturated carbocycles. The maximum absolute atomic E-state index is 6.23. The molecule has 7 nitrogen and oxygen atoms in total. The van der Waals surface area contributed by atoms with Crippen molar-refractivity contribution < 1.29 is 9.47 Å². The molecule has 142 valence electrons. The summed E-state index contributed by atoms with van der Waals surface area (Å²) in [6.07, 6.45) is 1.41. The van der Waals surface area contributed by atoms with Crippen LogP contribution in [0, 0.1) is 13.8 Å². The van der Waals surface area contributed by atoms with E-state index in [0.29, 0.717) is 28.3 Å². The molecule has 0 bridgehead atoms. The highest BCUT2D eigenvalue weighted by Gasteiger charge is 2.13. The minimum atomic E-state index is 0.295. The lowest BCUT2D eigenvalue weighted by molar-refractivity contribution is 0.415. The van der Waals surface area contributed by atoms with Gasteiger partial charge in [0.25, 0.3) is 0 Å². The van der Waals surface area contributed by atoms with Crippen molar-refractivity contribution >= 4 is 38.2 Å². The summed E-state index contributed by atoms with van der Waals surface area (Å²) in [6, 6.07) is 11.6. The monoisotopic (exact) mass is 393 g/mol. The van der Waals surface area contributed by atoms with Gasteiger partial charge in [0.15, 0.2) is 10.9 Å². The summed E-state index contributed by atoms with van der Waals surface area (Å²) in [4.78, 5) is 12.9. The largest absolute Gasteiger partial charge is 0.497 e. The molecule has 0 spiro atoms. The minimum Gasteiger partial charge on any atom is -0.497 e. The molecule has 0 saturated heterocycles. The third-order valence-electron chi connectivity index (χ3n) is 4.36. The van der Waals surface area contributed by atoms with Gasteiger partial charge in [0.1, 0.15) is 23.5 Å². The van der Waals surface area contributed by atoms with Crippen LogP contribution in [0.25, 0.3) is 10.2 Å². The minimum absolute atomic E-state index is 0.295. The fourth-order valence-electron chi connectivity index (χ4n) is 2.64. The van der Waals surface area contributed by atoms with Crippen molar-refractivity contribution in [1.29, 1.82) is 0 Å². The lowest BCUT2D eigenvalue weighted by atomic mass is 10.1. The first-order valence-electron chi connectivity index (χ1n) is 8.60. The Morgan fingerprint density at radius 3 is 2.61 bits per heavy atom. The highest BCUT2D eigenvalue weighted by molar-refractivity contribution is 7.22. The first-order valence-corrected chi connectivity index (χ1v) is 9.42. The Morgan fingerprint density at radius 1 is 1.00 bits per heavy atom. The number of anilines is 3. The van der Waals surface area contributed by atoms with E-state index < -0.39 is 0 Å². The first-order chi connectivity index (χ1) is 13.5. The van der Waals surface area contributed by atoms with Crippen molar-refractivity contribution in [3.05, 3.63) is 53.9 Å². The molecule has 2 aromatic heterocycles. The molecule has 0 aliphatic carbocycles. The Balaban J connectivity index is 1.60. The molecule has 0 aliphatic rings. The Bertz CT molecular complexity index is 1160. The van der Waals surface area contributed by atoms with Crippen LogP contribution in [0.3, 0.4) is 0 Å². The van der Waals surface area contributed by atoms with Crippen molar-refractivity contribution in [2.24, 2.45) is 0 Å². The summed E-state index contributed by atoms with van der Waals surface area (Å²) in [5.41, 5.74) is 9.74. The number of nitrogens with one attached hydrogen (secondary N) is 1. The van der Waals surface area contributed by atoms with Gasteiger partial charge in [-0.05, 0) is 55.3 Å². The van der Waals surface area contributed by atoms with Crippen molar-refractivity contribution in [2.45, 2.75) is 13.8 Å². The van der Waals surface area contributed by atoms with Gasteiger partial charge in [-0.2, -0.15) is 4.98 Å². The van der Waals surface area contributed by atoms with Crippen LogP contribution in [-0.4, -0.2) is 22.1 Å². The second kappa shape index (κ2) is 7.32. The van der Waals surface area contributed by atoms with Crippen LogP contribution in [0.5, 0.6) is 17.4 Å². The molecule has 2 aromatic carbocycles. The van der Waals surface area contributed by atoms with E-state index in [2.05, 4.69) is 20.3 Å². The standard InChI is InChI=1S/C20H19N5O2S/c1-11-4-5-14(8-12(11)2)27-19-17(21)18(22-10-23-19)25-20-24-15-7-6-13(26-3)9-16(15)28-20/h4-10H,21H2,1-3H3,(H,22,23,24,25). The van der Waals surface area contributed by atoms with E-state index in [-0.39, 0.29) is 0 Å². The van der Waals surface area contributed by atoms with Crippen molar-refractivity contribution in [3.8, 4) is 17.4 Å². The fourth-order valence-corrected chi connectivity index (χ4v) is 3.53. The smallest absolute Gasteiger partial charge is 0.248 e. The first kappa shape index (κ1) is 18.0. The molecule has 0 aliphatic heterocycles. The zero-order chi connectivity index (χ0) is 19.7. The molecule has 2 heterocycles. The number of nitrogen functional groups attached to an aromatic ring is 1. The predicted octanol–water partition coefficient (Wildman–Crippen LogP) is 4.83. The molecular formula is C20H19N5O2S. The number of benzene rings is 2. The number of aryl methyl sites for hydroxylation is 2. The zero-order valence-corrected chi connectivity index (χ0v) is 16.5. The number of hydrogen-bond donors (Lipinski definition) is 2. The van der Waals surface area contributed by atoms with Crippen LogP contribution in [0.15, 0.2) is 42.7 Å². The quantitative estimate of drug-likeness (QED) is 0.501. The Hall–Kier alpha value is -3.39. The molecular weight excluding hydrogens is 374 g/mol. The number of aromatic nitrogens is 3. The van der Waals surface area contributed by atoms with Gasteiger partial charge in [0, 0.05) is 0 Å². The molecule has 0 radical (unpaired) electrons. The second-order valence-electron chi connectivity index (χ2n) is 6.27. The number of hydrogen-bond acceptors (Lipinski definition) is 8. The third-order valence-corrected chi connectivity index (χ3v) is 5.29. The second-order valence-corrected chi connectivity index (χ2v) is 7.30. The van der Waals surface area contributed by atoms with Crippen LogP contribution in [-0.2, 0) is 0 Å². The van der Waals surface area contributed by atoms with Gasteiger partial charge in [-0.1, -0.05) is 17.4 Å². The number of nitrogens with zero attached hydrogens (tertiary/aromatic N) is 3. The molecule has 0 fully saturated rings. The maximum Gasteiger partial charge on any atom is 0.248 e. The molecule has 0 unspecified atom stereocenters. The summed E-state index contributed by atoms with van der Waals surface area (Å²) in [7, 11) is 1.64. The van der Waals surface area contributed by atoms with Gasteiger partial charge in [0.05, 0.1) is 17.3 Å². The van der Waals surface area contributed by atoms with E-state index in [9.17, 15) is 0 Å². The molecule has 0 atom stereocenters. The number of nitrogens with two attached hydrogens (primary N) is 1. The van der Waals surface area contributed by atoms with Crippen LogP contribution >= 0.6 is 11.3 Å². The summed E-state index contributed by atoms with van der Waals surface area (Å²) in [5.74, 6) is 2.20. The molecule has 28 heavy (non-hydrogen) atoms. The highest BCUT2D eigenvalue weighted by Crippen LogP contribution is 2.34. The van der Waals surface area contributed by atoms with E-state index in [1.54, 1.807) is 7.11 Å². The lowest BCUT2D eigenvalue weighted by Crippen LogP contribution is -2.03. The van der Waals surface area contributed by atoms with Gasteiger partial charge in [0.2, 0.25) is 5.88 Å². The van der Waals surface area contributed by atoms with Crippen LogP contribution in [0.2, 0.25) is 0 Å². The molecule has 3 N–H and O–H groups in total. The summed E-state index contributed by atoms with van der Waals surface area (Å²) in [6.45, 7) is 4.08. The normalized spacial score (nSPS) is 10.8. The summed E-state index contributed by atoms with van der Waals surface area (Å²) >= 11 is 1.48. The molecule has 4 rings (SSSR count). The van der Waals surface area contributed by atoms with Gasteiger partial charge >= 0.3 is 0 Å². The zero-order valence-electron chi connectivity index (χ0n) is 15.7. The summed E-state index contributed by atoms with van der Waals surface area (Å²) in [5, 5.41) is 3.83. The number of fused-ring (bicyclic) bond motifs is 1. The predicted molar refractivity (Wildman–Crippen MR) is 112 cm³/mol. The van der Waals surface area contributed by atoms with Gasteiger partial charge in [-0.3, -0.25) is 0 Å². The van der Waals surface area contributed by atoms with Gasteiger partial charge in [-0.25, -0.2) is 9.97 Å². The number of thiazole rings is 1. The molecule has 4 aromatic rings. The van der Waals surface area contributed by atoms with Crippen LogP contribution in [0.1, 0.15) is 11.1 Å². The Labute approximate surface area is 166 Å². The topological polar surface area (TPSA) is 95.2 Å². The third kappa shape index (κ3) is 3.54. The van der Waals surface area contributed by atoms with Crippen molar-refractivity contribution in [3.63, 3.8) is 0 Å². The number of methoxy groups -OCH3 is 1. The maximum atomic E-state index is 6.23. The SMILES string of the molecule is COc1ccc2nc(Nc3ncnc(Oc4ccc(C)c(C)c4)c3N)sc2c1. The summed E-state index contributed by atoms with van der Waals surface area (Å²) < 4.78 is 12.1. The Morgan fingerprint density at radius 2 is 1.82 bits per heavy atom. The van der Waals surface area contributed by atoms with Gasteiger partial charge < -0.3 is 20.5 Å². The van der Waals surface area contributed by atoms with E-state index >= 15 is 0 Å². The van der Waals surface area contributed by atoms with Gasteiger partial charge in [-0.15, -0.1) is 0 Å². The average Bonchev–Trinajstić information content (AvgIpc) is 3.09. The van der Waals surface area contributed by atoms with Crippen molar-refractivity contribution in [1.82, 2.24) is 15.0 Å². The van der Waals surface area contributed by atoms with E-state index in [4.69, 9.17) is 15.2 Å². The van der Waals surface area contributed by atoms with Crippen LogP contribution in [0.4, 0.5) is 16.6 Å². The van der Waals surface area contributed by atoms with E-state index in [1.807, 2.05) is 50.2 Å². The van der Waals surface area contributed by atoms with E-state index in [1.165, 1.54) is 23.2 Å². The Kier molecular flexibility index (Phi) is 4.70. The van der Waals surface area contributed by atoms with Crippen molar-refractivity contribution in [2.75, 3.05) is 18.2 Å². The molecule has 8 heteroatoms.